The Morgan fingerprint density at radius 1 is 1.19 bits per heavy atom. The summed E-state index contributed by atoms with van der Waals surface area (Å²) < 4.78 is 5.21. The fourth-order valence-electron chi connectivity index (χ4n) is 3.55. The zero-order valence-corrected chi connectivity index (χ0v) is 13.0. The second kappa shape index (κ2) is 5.68. The first-order valence-electron chi connectivity index (χ1n) is 7.74. The number of carbonyl (C=O) groups excluding carboxylic acids is 1. The molecule has 4 nitrogen and oxygen atoms in total. The molecule has 2 aliphatic rings. The average molecular weight is 288 g/mol. The van der Waals surface area contributed by atoms with Gasteiger partial charge in [0.25, 0.3) is 5.91 Å². The first kappa shape index (κ1) is 14.4. The summed E-state index contributed by atoms with van der Waals surface area (Å²) in [6.45, 7) is 4.11. The lowest BCUT2D eigenvalue weighted by Gasteiger charge is -2.37. The third-order valence-electron chi connectivity index (χ3n) is 5.09. The van der Waals surface area contributed by atoms with Gasteiger partial charge in [-0.05, 0) is 63.0 Å². The maximum Gasteiger partial charge on any atom is 0.254 e. The molecule has 114 valence electrons. The SMILES string of the molecule is COc1cccc(C(=O)N2CCC3(CCN(C)CC3)C2)c1. The van der Waals surface area contributed by atoms with Gasteiger partial charge in [0.2, 0.25) is 0 Å². The summed E-state index contributed by atoms with van der Waals surface area (Å²) in [7, 11) is 3.81. The Morgan fingerprint density at radius 3 is 2.62 bits per heavy atom. The van der Waals surface area contributed by atoms with Crippen molar-refractivity contribution in [3.05, 3.63) is 29.8 Å². The van der Waals surface area contributed by atoms with Crippen LogP contribution in [0.4, 0.5) is 0 Å². The highest BCUT2D eigenvalue weighted by atomic mass is 16.5. The molecule has 2 saturated heterocycles. The second-order valence-electron chi connectivity index (χ2n) is 6.51. The van der Waals surface area contributed by atoms with E-state index in [4.69, 9.17) is 4.74 Å². The van der Waals surface area contributed by atoms with Crippen molar-refractivity contribution in [3.8, 4) is 5.75 Å². The molecular formula is C17H24N2O2. The number of benzene rings is 1. The summed E-state index contributed by atoms with van der Waals surface area (Å²) in [6.07, 6.45) is 3.58. The van der Waals surface area contributed by atoms with Crippen LogP contribution in [0.2, 0.25) is 0 Å². The molecule has 21 heavy (non-hydrogen) atoms. The van der Waals surface area contributed by atoms with Gasteiger partial charge in [-0.2, -0.15) is 0 Å². The molecule has 0 atom stereocenters. The molecular weight excluding hydrogens is 264 g/mol. The fraction of sp³-hybridized carbons (Fsp3) is 0.588. The van der Waals surface area contributed by atoms with Gasteiger partial charge < -0.3 is 14.5 Å². The molecule has 0 aromatic heterocycles. The summed E-state index contributed by atoms with van der Waals surface area (Å²) >= 11 is 0. The summed E-state index contributed by atoms with van der Waals surface area (Å²) in [6, 6.07) is 7.47. The first-order chi connectivity index (χ1) is 10.1. The molecule has 3 rings (SSSR count). The van der Waals surface area contributed by atoms with Crippen molar-refractivity contribution in [2.45, 2.75) is 19.3 Å². The number of likely N-dealkylation sites (tertiary alicyclic amines) is 2. The number of ether oxygens (including phenoxy) is 1. The van der Waals surface area contributed by atoms with Gasteiger partial charge >= 0.3 is 0 Å². The van der Waals surface area contributed by atoms with Gasteiger partial charge in [0, 0.05) is 18.7 Å². The fourth-order valence-corrected chi connectivity index (χ4v) is 3.55. The molecule has 1 aromatic carbocycles. The Balaban J connectivity index is 1.69. The highest BCUT2D eigenvalue weighted by molar-refractivity contribution is 5.94. The number of methoxy groups -OCH3 is 1. The zero-order valence-electron chi connectivity index (χ0n) is 13.0. The quantitative estimate of drug-likeness (QED) is 0.837. The number of hydrogen-bond acceptors (Lipinski definition) is 3. The third-order valence-corrected chi connectivity index (χ3v) is 5.09. The molecule has 2 aliphatic heterocycles. The maximum atomic E-state index is 12.7. The number of hydrogen-bond donors (Lipinski definition) is 0. The minimum atomic E-state index is 0.143. The van der Waals surface area contributed by atoms with Gasteiger partial charge in [0.15, 0.2) is 0 Å². The lowest BCUT2D eigenvalue weighted by atomic mass is 9.78. The van der Waals surface area contributed by atoms with Crippen LogP contribution >= 0.6 is 0 Å². The topological polar surface area (TPSA) is 32.8 Å². The molecule has 1 aromatic rings. The highest BCUT2D eigenvalue weighted by Crippen LogP contribution is 2.40. The minimum Gasteiger partial charge on any atom is -0.497 e. The van der Waals surface area contributed by atoms with E-state index in [2.05, 4.69) is 11.9 Å². The molecule has 2 heterocycles. The molecule has 0 aliphatic carbocycles. The number of nitrogens with zero attached hydrogens (tertiary/aromatic N) is 2. The van der Waals surface area contributed by atoms with Crippen LogP contribution in [-0.2, 0) is 0 Å². The first-order valence-corrected chi connectivity index (χ1v) is 7.74. The maximum absolute atomic E-state index is 12.7. The predicted octanol–water partition coefficient (Wildman–Crippen LogP) is 2.25. The van der Waals surface area contributed by atoms with E-state index in [1.807, 2.05) is 29.2 Å². The summed E-state index contributed by atoms with van der Waals surface area (Å²) in [5.74, 6) is 0.888. The van der Waals surface area contributed by atoms with Crippen LogP contribution in [0.15, 0.2) is 24.3 Å². The number of piperidine rings is 1. The van der Waals surface area contributed by atoms with Gasteiger partial charge in [0.1, 0.15) is 5.75 Å². The number of carbonyl (C=O) groups is 1. The Kier molecular flexibility index (Phi) is 3.89. The largest absolute Gasteiger partial charge is 0.497 e. The van der Waals surface area contributed by atoms with Crippen molar-refractivity contribution in [3.63, 3.8) is 0 Å². The van der Waals surface area contributed by atoms with Crippen molar-refractivity contribution in [2.24, 2.45) is 5.41 Å². The number of amides is 1. The van der Waals surface area contributed by atoms with Gasteiger partial charge in [0.05, 0.1) is 7.11 Å². The van der Waals surface area contributed by atoms with Crippen LogP contribution in [-0.4, -0.2) is 56.0 Å². The van der Waals surface area contributed by atoms with E-state index < -0.39 is 0 Å². The van der Waals surface area contributed by atoms with Gasteiger partial charge in [-0.15, -0.1) is 0 Å². The van der Waals surface area contributed by atoms with E-state index >= 15 is 0 Å². The third kappa shape index (κ3) is 2.91. The minimum absolute atomic E-state index is 0.143. The van der Waals surface area contributed by atoms with E-state index in [-0.39, 0.29) is 5.91 Å². The molecule has 0 N–H and O–H groups in total. The summed E-state index contributed by atoms with van der Waals surface area (Å²) in [5.41, 5.74) is 1.10. The lowest BCUT2D eigenvalue weighted by molar-refractivity contribution is 0.0736. The Bertz CT molecular complexity index is 521. The predicted molar refractivity (Wildman–Crippen MR) is 82.7 cm³/mol. The molecule has 0 saturated carbocycles. The van der Waals surface area contributed by atoms with Crippen LogP contribution in [0.3, 0.4) is 0 Å². The van der Waals surface area contributed by atoms with Crippen molar-refractivity contribution >= 4 is 5.91 Å². The molecule has 0 unspecified atom stereocenters. The van der Waals surface area contributed by atoms with Crippen molar-refractivity contribution in [1.29, 1.82) is 0 Å². The van der Waals surface area contributed by atoms with E-state index in [1.54, 1.807) is 7.11 Å². The van der Waals surface area contributed by atoms with Crippen molar-refractivity contribution < 1.29 is 9.53 Å². The van der Waals surface area contributed by atoms with Crippen molar-refractivity contribution in [1.82, 2.24) is 9.80 Å². The van der Waals surface area contributed by atoms with E-state index in [0.29, 0.717) is 5.41 Å². The van der Waals surface area contributed by atoms with Gasteiger partial charge in [-0.3, -0.25) is 4.79 Å². The molecule has 0 radical (unpaired) electrons. The molecule has 1 spiro atoms. The van der Waals surface area contributed by atoms with E-state index in [9.17, 15) is 4.79 Å². The Morgan fingerprint density at radius 2 is 1.90 bits per heavy atom. The molecule has 4 heteroatoms. The van der Waals surface area contributed by atoms with E-state index in [1.165, 1.54) is 12.8 Å². The average Bonchev–Trinajstić information content (AvgIpc) is 2.94. The lowest BCUT2D eigenvalue weighted by Crippen LogP contribution is -2.40. The highest BCUT2D eigenvalue weighted by Gasteiger charge is 2.41. The van der Waals surface area contributed by atoms with Crippen LogP contribution in [0.25, 0.3) is 0 Å². The smallest absolute Gasteiger partial charge is 0.254 e. The van der Waals surface area contributed by atoms with Crippen molar-refractivity contribution in [2.75, 3.05) is 40.3 Å². The molecule has 1 amide bonds. The monoisotopic (exact) mass is 288 g/mol. The second-order valence-corrected chi connectivity index (χ2v) is 6.51. The normalized spacial score (nSPS) is 21.7. The van der Waals surface area contributed by atoms with Gasteiger partial charge in [-0.1, -0.05) is 6.07 Å². The van der Waals surface area contributed by atoms with Gasteiger partial charge in [-0.25, -0.2) is 0 Å². The molecule has 2 fully saturated rings. The standard InChI is InChI=1S/C17H24N2O2/c1-18-9-6-17(7-10-18)8-11-19(13-17)16(20)14-4-3-5-15(12-14)21-2/h3-5,12H,6-11,13H2,1-2H3. The summed E-state index contributed by atoms with van der Waals surface area (Å²) in [5, 5.41) is 0. The van der Waals surface area contributed by atoms with Crippen LogP contribution < -0.4 is 4.74 Å². The van der Waals surface area contributed by atoms with Crippen LogP contribution in [0.1, 0.15) is 29.6 Å². The summed E-state index contributed by atoms with van der Waals surface area (Å²) in [4.78, 5) is 17.1. The van der Waals surface area contributed by atoms with E-state index in [0.717, 1.165) is 43.9 Å². The Labute approximate surface area is 126 Å². The van der Waals surface area contributed by atoms with Crippen LogP contribution in [0.5, 0.6) is 5.75 Å². The molecule has 0 bridgehead atoms. The van der Waals surface area contributed by atoms with Crippen LogP contribution in [0, 0.1) is 5.41 Å². The zero-order chi connectivity index (χ0) is 14.9. The number of rotatable bonds is 2. The Hall–Kier alpha value is -1.55.